The number of allylic oxidation sites excluding steroid dienone is 11. The van der Waals surface area contributed by atoms with Gasteiger partial charge in [-0.05, 0) is 95.5 Å². The van der Waals surface area contributed by atoms with Crippen molar-refractivity contribution in [1.29, 1.82) is 0 Å². The van der Waals surface area contributed by atoms with E-state index in [1.54, 1.807) is 0 Å². The fourth-order valence-electron chi connectivity index (χ4n) is 9.29. The molecule has 4 aromatic rings. The number of nitrogens with one attached hydrogen (secondary N) is 2. The van der Waals surface area contributed by atoms with Crippen LogP contribution in [0.3, 0.4) is 0 Å². The monoisotopic (exact) mass is 784 g/mol. The molecule has 6 atom stereocenters. The summed E-state index contributed by atoms with van der Waals surface area (Å²) in [6, 6.07) is 34.7. The second-order valence-electron chi connectivity index (χ2n) is 16.7. The van der Waals surface area contributed by atoms with Crippen molar-refractivity contribution in [3.63, 3.8) is 0 Å². The molecule has 6 nitrogen and oxygen atoms in total. The van der Waals surface area contributed by atoms with Crippen LogP contribution < -0.4 is 10.6 Å². The summed E-state index contributed by atoms with van der Waals surface area (Å²) in [6.45, 7) is 0. The minimum Gasteiger partial charge on any atom is -0.327 e. The Kier molecular flexibility index (Phi) is 11.1. The molecule has 4 aliphatic carbocycles. The molecule has 0 amide bonds. The highest BCUT2D eigenvalue weighted by Gasteiger charge is 2.29. The lowest BCUT2D eigenvalue weighted by atomic mass is 9.82. The van der Waals surface area contributed by atoms with Crippen LogP contribution in [0.25, 0.3) is 5.57 Å². The number of aliphatic imine (C=N–C) groups is 3. The molecule has 0 bridgehead atoms. The van der Waals surface area contributed by atoms with E-state index in [4.69, 9.17) is 20.0 Å². The van der Waals surface area contributed by atoms with E-state index in [1.807, 2.05) is 24.4 Å². The van der Waals surface area contributed by atoms with E-state index in [9.17, 15) is 0 Å². The summed E-state index contributed by atoms with van der Waals surface area (Å²) >= 11 is 0. The fourth-order valence-corrected chi connectivity index (χ4v) is 9.29. The quantitative estimate of drug-likeness (QED) is 0.177. The topological polar surface area (TPSA) is 74.0 Å². The van der Waals surface area contributed by atoms with E-state index in [0.717, 1.165) is 48.6 Å². The van der Waals surface area contributed by atoms with Gasteiger partial charge in [-0.15, -0.1) is 0 Å². The lowest BCUT2D eigenvalue weighted by Gasteiger charge is -2.32. The van der Waals surface area contributed by atoms with Crippen LogP contribution in [0.5, 0.6) is 0 Å². The second kappa shape index (κ2) is 17.5. The standard InChI is InChI=1S/C54H52N6/c1-5-13-37(14-6-1)38-25-29-42(30-26-38)49-35-50(57-51(56-49)44-15-7-2-8-16-44)43-31-27-40(28-32-43)39-21-23-41(24-22-39)47-33-34-48(55-36-47)54-59-52(45-17-9-3-10-18-45)58-53(60-54)46-19-11-4-12-20-46/h2-4,7-13,15-19,21-23,25-27,29-34,36,40-41,46,50-52,57H,1,5-6,14,20,24,28,35H2,(H,58,59,60). The Morgan fingerprint density at radius 3 is 2.05 bits per heavy atom. The molecule has 60 heavy (non-hydrogen) atoms. The molecule has 6 aliphatic rings. The lowest BCUT2D eigenvalue weighted by molar-refractivity contribution is 0.470. The zero-order valence-corrected chi connectivity index (χ0v) is 34.1. The Bertz CT molecular complexity index is 2500. The molecule has 1 aromatic heterocycles. The molecule has 2 aliphatic heterocycles. The summed E-state index contributed by atoms with van der Waals surface area (Å²) in [4.78, 5) is 20.3. The van der Waals surface area contributed by atoms with Gasteiger partial charge >= 0.3 is 0 Å². The van der Waals surface area contributed by atoms with Gasteiger partial charge in [-0.3, -0.25) is 15.3 Å². The largest absolute Gasteiger partial charge is 0.327 e. The summed E-state index contributed by atoms with van der Waals surface area (Å²) in [7, 11) is 0. The first-order valence-corrected chi connectivity index (χ1v) is 21.9. The average molecular weight is 785 g/mol. The van der Waals surface area contributed by atoms with Crippen LogP contribution in [0, 0.1) is 11.8 Å². The Balaban J connectivity index is 0.795. The summed E-state index contributed by atoms with van der Waals surface area (Å²) in [5, 5.41) is 7.44. The van der Waals surface area contributed by atoms with Gasteiger partial charge in [-0.2, -0.15) is 0 Å². The molecule has 298 valence electrons. The SMILES string of the molecule is C1=CCC(C2=NC(c3ccccc3)N=C(c3ccc(C4C=CC(C5C=CC(C6CC(c7ccc(C8=CCCCC8)cc7)=NC(c7ccccc7)N6)=CC5)=CC4)cn3)N2)C=C1. The third-order valence-electron chi connectivity index (χ3n) is 12.8. The van der Waals surface area contributed by atoms with E-state index in [2.05, 4.69) is 156 Å². The molecule has 0 fully saturated rings. The van der Waals surface area contributed by atoms with E-state index in [1.165, 1.54) is 70.4 Å². The number of hydrogen-bond acceptors (Lipinski definition) is 6. The Hall–Kier alpha value is -6.24. The first-order chi connectivity index (χ1) is 29.7. The van der Waals surface area contributed by atoms with E-state index >= 15 is 0 Å². The maximum Gasteiger partial charge on any atom is 0.169 e. The van der Waals surface area contributed by atoms with Crippen LogP contribution in [-0.4, -0.2) is 28.4 Å². The van der Waals surface area contributed by atoms with Gasteiger partial charge < -0.3 is 5.32 Å². The fraction of sp³-hybridized carbons (Fsp3) is 0.259. The highest BCUT2D eigenvalue weighted by molar-refractivity contribution is 6.10. The van der Waals surface area contributed by atoms with Crippen molar-refractivity contribution in [2.75, 3.05) is 0 Å². The van der Waals surface area contributed by atoms with Crippen molar-refractivity contribution >= 4 is 23.0 Å². The van der Waals surface area contributed by atoms with Crippen LogP contribution in [0.1, 0.15) is 103 Å². The summed E-state index contributed by atoms with van der Waals surface area (Å²) in [5.41, 5.74) is 12.3. The van der Waals surface area contributed by atoms with Gasteiger partial charge in [-0.25, -0.2) is 9.98 Å². The Morgan fingerprint density at radius 1 is 0.583 bits per heavy atom. The number of nitrogens with zero attached hydrogens (tertiary/aromatic N) is 4. The first-order valence-electron chi connectivity index (χ1n) is 21.9. The predicted molar refractivity (Wildman–Crippen MR) is 247 cm³/mol. The number of amidine groups is 2. The van der Waals surface area contributed by atoms with Gasteiger partial charge in [0, 0.05) is 42.1 Å². The predicted octanol–water partition coefficient (Wildman–Crippen LogP) is 11.6. The average Bonchev–Trinajstić information content (AvgIpc) is 3.35. The van der Waals surface area contributed by atoms with Crippen LogP contribution in [0.2, 0.25) is 0 Å². The normalized spacial score (nSPS) is 26.2. The second-order valence-corrected chi connectivity index (χ2v) is 16.7. The third-order valence-corrected chi connectivity index (χ3v) is 12.8. The number of rotatable bonds is 9. The maximum absolute atomic E-state index is 5.29. The lowest BCUT2D eigenvalue weighted by Crippen LogP contribution is -2.40. The highest BCUT2D eigenvalue weighted by Crippen LogP contribution is 2.36. The first kappa shape index (κ1) is 38.0. The van der Waals surface area contributed by atoms with Crippen molar-refractivity contribution in [2.24, 2.45) is 26.8 Å². The molecule has 3 heterocycles. The van der Waals surface area contributed by atoms with Gasteiger partial charge in [0.15, 0.2) is 12.0 Å². The molecule has 6 heteroatoms. The summed E-state index contributed by atoms with van der Waals surface area (Å²) in [6.07, 6.45) is 35.7. The number of aromatic nitrogens is 1. The molecule has 3 aromatic carbocycles. The van der Waals surface area contributed by atoms with Crippen molar-refractivity contribution in [1.82, 2.24) is 15.6 Å². The molecule has 0 radical (unpaired) electrons. The highest BCUT2D eigenvalue weighted by atomic mass is 15.2. The zero-order chi connectivity index (χ0) is 40.1. The number of pyridine rings is 1. The third kappa shape index (κ3) is 8.43. The van der Waals surface area contributed by atoms with Gasteiger partial charge in [0.1, 0.15) is 17.7 Å². The van der Waals surface area contributed by atoms with Crippen LogP contribution >= 0.6 is 0 Å². The Morgan fingerprint density at radius 2 is 1.35 bits per heavy atom. The van der Waals surface area contributed by atoms with Gasteiger partial charge in [0.05, 0.1) is 0 Å². The van der Waals surface area contributed by atoms with E-state index < -0.39 is 0 Å². The van der Waals surface area contributed by atoms with E-state index in [-0.39, 0.29) is 30.2 Å². The molecule has 0 saturated heterocycles. The zero-order valence-electron chi connectivity index (χ0n) is 34.1. The molecule has 6 unspecified atom stereocenters. The van der Waals surface area contributed by atoms with Crippen molar-refractivity contribution in [3.8, 4) is 0 Å². The minimum atomic E-state index is -0.300. The van der Waals surface area contributed by atoms with Crippen LogP contribution in [-0.2, 0) is 0 Å². The molecule has 2 N–H and O–H groups in total. The van der Waals surface area contributed by atoms with Gasteiger partial charge in [0.2, 0.25) is 0 Å². The van der Waals surface area contributed by atoms with Crippen molar-refractivity contribution < 1.29 is 0 Å². The van der Waals surface area contributed by atoms with Crippen LogP contribution in [0.15, 0.2) is 196 Å². The molecular weight excluding hydrogens is 733 g/mol. The molecule has 10 rings (SSSR count). The van der Waals surface area contributed by atoms with Crippen molar-refractivity contribution in [2.45, 2.75) is 75.7 Å². The smallest absolute Gasteiger partial charge is 0.169 e. The maximum atomic E-state index is 5.29. The molecular formula is C54H52N6. The van der Waals surface area contributed by atoms with Crippen molar-refractivity contribution in [3.05, 3.63) is 215 Å². The summed E-state index contributed by atoms with van der Waals surface area (Å²) in [5.74, 6) is 2.55. The number of benzene rings is 3. The van der Waals surface area contributed by atoms with Gasteiger partial charge in [-0.1, -0.05) is 158 Å². The van der Waals surface area contributed by atoms with E-state index in [0.29, 0.717) is 5.92 Å². The molecule has 0 spiro atoms. The number of hydrogen-bond donors (Lipinski definition) is 2. The summed E-state index contributed by atoms with van der Waals surface area (Å²) < 4.78 is 0. The van der Waals surface area contributed by atoms with Gasteiger partial charge in [0.25, 0.3) is 0 Å². The Labute approximate surface area is 354 Å². The van der Waals surface area contributed by atoms with Crippen LogP contribution in [0.4, 0.5) is 0 Å². The molecule has 0 saturated carbocycles. The minimum absolute atomic E-state index is 0.0850.